The summed E-state index contributed by atoms with van der Waals surface area (Å²) in [6.07, 6.45) is 4.26. The molecule has 0 fully saturated rings. The third kappa shape index (κ3) is 3.27. The van der Waals surface area contributed by atoms with Crippen LogP contribution in [0.4, 0.5) is 4.79 Å². The summed E-state index contributed by atoms with van der Waals surface area (Å²) in [5.74, 6) is 2.36. The Kier molecular flexibility index (Phi) is 4.45. The van der Waals surface area contributed by atoms with Gasteiger partial charge in [-0.3, -0.25) is 4.90 Å². The molecule has 0 aliphatic heterocycles. The minimum Gasteiger partial charge on any atom is -0.465 e. The molecule has 1 amide bonds. The summed E-state index contributed by atoms with van der Waals surface area (Å²) >= 11 is 0. The maximum Gasteiger partial charge on any atom is 0.408 e. The van der Waals surface area contributed by atoms with Gasteiger partial charge in [-0.05, 0) is 20.8 Å². The van der Waals surface area contributed by atoms with Crippen LogP contribution in [0.3, 0.4) is 0 Å². The Morgan fingerprint density at radius 2 is 2.07 bits per heavy atom. The number of nitrogens with zero attached hydrogens (tertiary/aromatic N) is 1. The molecular formula is C10H17NO3. The molecule has 2 N–H and O–H groups in total. The number of hydrogen-bond donors (Lipinski definition) is 2. The van der Waals surface area contributed by atoms with Crippen molar-refractivity contribution in [3.05, 3.63) is 0 Å². The van der Waals surface area contributed by atoms with Gasteiger partial charge in [0.15, 0.2) is 0 Å². The second-order valence-corrected chi connectivity index (χ2v) is 4.07. The summed E-state index contributed by atoms with van der Waals surface area (Å²) in [5.41, 5.74) is -0.559. The Morgan fingerprint density at radius 3 is 2.29 bits per heavy atom. The molecular weight excluding hydrogens is 182 g/mol. The smallest absolute Gasteiger partial charge is 0.408 e. The summed E-state index contributed by atoms with van der Waals surface area (Å²) in [4.78, 5) is 12.2. The van der Waals surface area contributed by atoms with Crippen molar-refractivity contribution >= 4 is 6.09 Å². The van der Waals surface area contributed by atoms with Crippen molar-refractivity contribution in [3.63, 3.8) is 0 Å². The van der Waals surface area contributed by atoms with E-state index in [-0.39, 0.29) is 13.0 Å². The van der Waals surface area contributed by atoms with E-state index in [1.165, 1.54) is 4.90 Å². The lowest BCUT2D eigenvalue weighted by molar-refractivity contribution is 0.0482. The fourth-order valence-corrected chi connectivity index (χ4v) is 1.36. The molecule has 0 aromatic rings. The van der Waals surface area contributed by atoms with Gasteiger partial charge in [0.05, 0.1) is 12.6 Å². The SMILES string of the molecule is C#CC[C@H](CO)N(C(=O)O)C(C)(C)C. The summed E-state index contributed by atoms with van der Waals surface area (Å²) in [6.45, 7) is 5.04. The first-order valence-electron chi connectivity index (χ1n) is 4.41. The van der Waals surface area contributed by atoms with Crippen LogP contribution in [0.2, 0.25) is 0 Å². The van der Waals surface area contributed by atoms with Crippen LogP contribution in [0.25, 0.3) is 0 Å². The molecule has 80 valence electrons. The fraction of sp³-hybridized carbons (Fsp3) is 0.700. The van der Waals surface area contributed by atoms with E-state index in [1.807, 2.05) is 0 Å². The molecule has 4 nitrogen and oxygen atoms in total. The summed E-state index contributed by atoms with van der Waals surface area (Å²) in [5, 5.41) is 18.0. The Labute approximate surface area is 84.5 Å². The van der Waals surface area contributed by atoms with Crippen molar-refractivity contribution in [1.29, 1.82) is 0 Å². The number of aliphatic hydroxyl groups is 1. The topological polar surface area (TPSA) is 60.8 Å². The van der Waals surface area contributed by atoms with E-state index in [0.29, 0.717) is 0 Å². The molecule has 1 atom stereocenters. The Balaban J connectivity index is 4.81. The second kappa shape index (κ2) is 4.87. The van der Waals surface area contributed by atoms with Crippen molar-refractivity contribution in [1.82, 2.24) is 4.90 Å². The van der Waals surface area contributed by atoms with Crippen molar-refractivity contribution in [2.45, 2.75) is 38.8 Å². The fourth-order valence-electron chi connectivity index (χ4n) is 1.36. The first-order valence-corrected chi connectivity index (χ1v) is 4.41. The predicted octanol–water partition coefficient (Wildman–Crippen LogP) is 1.15. The number of hydrogen-bond acceptors (Lipinski definition) is 2. The zero-order chi connectivity index (χ0) is 11.4. The van der Waals surface area contributed by atoms with Crippen LogP contribution in [-0.4, -0.2) is 39.4 Å². The molecule has 0 spiro atoms. The zero-order valence-corrected chi connectivity index (χ0v) is 8.82. The van der Waals surface area contributed by atoms with Gasteiger partial charge >= 0.3 is 6.09 Å². The molecule has 0 saturated heterocycles. The third-order valence-corrected chi connectivity index (χ3v) is 1.86. The highest BCUT2D eigenvalue weighted by Gasteiger charge is 2.32. The van der Waals surface area contributed by atoms with Crippen LogP contribution in [0.1, 0.15) is 27.2 Å². The standard InChI is InChI=1S/C10H17NO3/c1-5-6-8(7-12)11(9(13)14)10(2,3)4/h1,8,12H,6-7H2,2-4H3,(H,13,14)/t8-/m1/s1. The van der Waals surface area contributed by atoms with E-state index in [1.54, 1.807) is 20.8 Å². The van der Waals surface area contributed by atoms with E-state index in [4.69, 9.17) is 16.6 Å². The first-order chi connectivity index (χ1) is 6.34. The molecule has 0 saturated carbocycles. The number of amides is 1. The maximum absolute atomic E-state index is 11.0. The van der Waals surface area contributed by atoms with Crippen LogP contribution in [0.5, 0.6) is 0 Å². The van der Waals surface area contributed by atoms with Crippen LogP contribution >= 0.6 is 0 Å². The average Bonchev–Trinajstić information content (AvgIpc) is 2.00. The van der Waals surface area contributed by atoms with Crippen LogP contribution in [0.15, 0.2) is 0 Å². The predicted molar refractivity (Wildman–Crippen MR) is 53.9 cm³/mol. The number of aliphatic hydroxyl groups excluding tert-OH is 1. The normalized spacial score (nSPS) is 13.1. The zero-order valence-electron chi connectivity index (χ0n) is 8.82. The molecule has 0 bridgehead atoms. The van der Waals surface area contributed by atoms with E-state index >= 15 is 0 Å². The van der Waals surface area contributed by atoms with E-state index in [0.717, 1.165) is 0 Å². The molecule has 0 aliphatic rings. The van der Waals surface area contributed by atoms with Crippen molar-refractivity contribution < 1.29 is 15.0 Å². The van der Waals surface area contributed by atoms with E-state index in [9.17, 15) is 4.79 Å². The van der Waals surface area contributed by atoms with Crippen LogP contribution in [0, 0.1) is 12.3 Å². The van der Waals surface area contributed by atoms with E-state index in [2.05, 4.69) is 5.92 Å². The van der Waals surface area contributed by atoms with Gasteiger partial charge in [-0.15, -0.1) is 12.3 Å². The van der Waals surface area contributed by atoms with Gasteiger partial charge in [0, 0.05) is 12.0 Å². The van der Waals surface area contributed by atoms with Gasteiger partial charge in [-0.1, -0.05) is 0 Å². The van der Waals surface area contributed by atoms with Gasteiger partial charge in [-0.25, -0.2) is 4.79 Å². The van der Waals surface area contributed by atoms with Gasteiger partial charge in [0.2, 0.25) is 0 Å². The highest BCUT2D eigenvalue weighted by molar-refractivity contribution is 5.66. The van der Waals surface area contributed by atoms with Gasteiger partial charge < -0.3 is 10.2 Å². The second-order valence-electron chi connectivity index (χ2n) is 4.07. The molecule has 0 aliphatic carbocycles. The number of carbonyl (C=O) groups is 1. The van der Waals surface area contributed by atoms with Crippen LogP contribution < -0.4 is 0 Å². The van der Waals surface area contributed by atoms with E-state index < -0.39 is 17.7 Å². The minimum atomic E-state index is -1.06. The molecule has 0 radical (unpaired) electrons. The van der Waals surface area contributed by atoms with Crippen LogP contribution in [-0.2, 0) is 0 Å². The molecule has 4 heteroatoms. The Morgan fingerprint density at radius 1 is 1.57 bits per heavy atom. The quantitative estimate of drug-likeness (QED) is 0.670. The maximum atomic E-state index is 11.0. The largest absolute Gasteiger partial charge is 0.465 e. The lowest BCUT2D eigenvalue weighted by Crippen LogP contribution is -2.52. The number of terminal acetylenes is 1. The Hall–Kier alpha value is -1.21. The lowest BCUT2D eigenvalue weighted by Gasteiger charge is -2.38. The van der Waals surface area contributed by atoms with Gasteiger partial charge in [0.25, 0.3) is 0 Å². The molecule has 0 unspecified atom stereocenters. The summed E-state index contributed by atoms with van der Waals surface area (Å²) in [6, 6.07) is -0.530. The minimum absolute atomic E-state index is 0.222. The lowest BCUT2D eigenvalue weighted by atomic mass is 10.0. The van der Waals surface area contributed by atoms with Crippen molar-refractivity contribution in [2.75, 3.05) is 6.61 Å². The highest BCUT2D eigenvalue weighted by atomic mass is 16.4. The van der Waals surface area contributed by atoms with Gasteiger partial charge in [0.1, 0.15) is 0 Å². The van der Waals surface area contributed by atoms with Gasteiger partial charge in [-0.2, -0.15) is 0 Å². The average molecular weight is 199 g/mol. The molecule has 0 aromatic heterocycles. The highest BCUT2D eigenvalue weighted by Crippen LogP contribution is 2.18. The molecule has 14 heavy (non-hydrogen) atoms. The molecule has 0 heterocycles. The summed E-state index contributed by atoms with van der Waals surface area (Å²) < 4.78 is 0. The number of carboxylic acid groups (broad SMARTS) is 1. The van der Waals surface area contributed by atoms with Crippen molar-refractivity contribution in [3.8, 4) is 12.3 Å². The summed E-state index contributed by atoms with van der Waals surface area (Å²) in [7, 11) is 0. The molecule has 0 aromatic carbocycles. The third-order valence-electron chi connectivity index (χ3n) is 1.86. The first kappa shape index (κ1) is 12.8. The number of rotatable bonds is 3. The Bertz CT molecular complexity index is 237. The monoisotopic (exact) mass is 199 g/mol. The molecule has 0 rings (SSSR count). The van der Waals surface area contributed by atoms with Crippen molar-refractivity contribution in [2.24, 2.45) is 0 Å².